The standard InChI is InChI=1S/C15H14O4/c16-13(9-5-1-2-6-9)12-14(17)10-7-3-4-8-11(10)19-15(12)18/h3-4,7-9,17H,1-2,5-6H2. The number of carbonyl (C=O) groups excluding carboxylic acids is 1. The number of aromatic hydroxyl groups is 1. The third-order valence-electron chi connectivity index (χ3n) is 3.76. The predicted octanol–water partition coefficient (Wildman–Crippen LogP) is 2.87. The minimum Gasteiger partial charge on any atom is -0.506 e. The molecular weight excluding hydrogens is 244 g/mol. The molecule has 1 N–H and O–H groups in total. The lowest BCUT2D eigenvalue weighted by atomic mass is 9.96. The summed E-state index contributed by atoms with van der Waals surface area (Å²) < 4.78 is 5.12. The van der Waals surface area contributed by atoms with Crippen molar-refractivity contribution in [3.8, 4) is 5.75 Å². The van der Waals surface area contributed by atoms with E-state index in [0.29, 0.717) is 11.0 Å². The molecule has 0 bridgehead atoms. The number of para-hydroxylation sites is 1. The second kappa shape index (κ2) is 4.53. The third kappa shape index (κ3) is 1.93. The molecule has 98 valence electrons. The first-order valence-corrected chi connectivity index (χ1v) is 6.47. The van der Waals surface area contributed by atoms with Gasteiger partial charge in [-0.05, 0) is 25.0 Å². The van der Waals surface area contributed by atoms with Crippen molar-refractivity contribution < 1.29 is 14.3 Å². The maximum absolute atomic E-state index is 12.3. The molecule has 1 fully saturated rings. The molecule has 0 amide bonds. The number of Topliss-reactive ketones (excluding diaryl/α,β-unsaturated/α-hetero) is 1. The molecular formula is C15H14O4. The maximum atomic E-state index is 12.3. The summed E-state index contributed by atoms with van der Waals surface area (Å²) in [6, 6.07) is 6.67. The quantitative estimate of drug-likeness (QED) is 0.664. The van der Waals surface area contributed by atoms with Crippen LogP contribution in [-0.2, 0) is 0 Å². The minimum atomic E-state index is -0.742. The van der Waals surface area contributed by atoms with Gasteiger partial charge in [0.05, 0.1) is 5.39 Å². The Labute approximate surface area is 109 Å². The number of hydrogen-bond acceptors (Lipinski definition) is 4. The van der Waals surface area contributed by atoms with Crippen molar-refractivity contribution in [2.24, 2.45) is 5.92 Å². The molecule has 0 unspecified atom stereocenters. The van der Waals surface area contributed by atoms with Crippen LogP contribution in [0.4, 0.5) is 0 Å². The molecule has 0 radical (unpaired) electrons. The van der Waals surface area contributed by atoms with Gasteiger partial charge in [0.25, 0.3) is 0 Å². The maximum Gasteiger partial charge on any atom is 0.351 e. The minimum absolute atomic E-state index is 0.157. The van der Waals surface area contributed by atoms with Crippen LogP contribution in [0.1, 0.15) is 36.0 Å². The summed E-state index contributed by atoms with van der Waals surface area (Å²) in [5.74, 6) is -0.687. The van der Waals surface area contributed by atoms with E-state index in [-0.39, 0.29) is 23.0 Å². The van der Waals surface area contributed by atoms with Crippen molar-refractivity contribution in [2.75, 3.05) is 0 Å². The highest BCUT2D eigenvalue weighted by Crippen LogP contribution is 2.32. The van der Waals surface area contributed by atoms with Gasteiger partial charge in [-0.1, -0.05) is 25.0 Å². The lowest BCUT2D eigenvalue weighted by Gasteiger charge is -2.09. The summed E-state index contributed by atoms with van der Waals surface area (Å²) in [5, 5.41) is 10.6. The van der Waals surface area contributed by atoms with Gasteiger partial charge in [-0.15, -0.1) is 0 Å². The molecule has 2 aromatic rings. The fraction of sp³-hybridized carbons (Fsp3) is 0.333. The predicted molar refractivity (Wildman–Crippen MR) is 70.4 cm³/mol. The summed E-state index contributed by atoms with van der Waals surface area (Å²) in [7, 11) is 0. The Kier molecular flexibility index (Phi) is 2.85. The van der Waals surface area contributed by atoms with Crippen molar-refractivity contribution >= 4 is 16.8 Å². The lowest BCUT2D eigenvalue weighted by Crippen LogP contribution is -2.20. The second-order valence-corrected chi connectivity index (χ2v) is 4.95. The summed E-state index contributed by atoms with van der Waals surface area (Å²) in [6.45, 7) is 0. The average Bonchev–Trinajstić information content (AvgIpc) is 2.92. The Balaban J connectivity index is 2.18. The van der Waals surface area contributed by atoms with Crippen LogP contribution in [0.5, 0.6) is 5.75 Å². The molecule has 1 aromatic heterocycles. The van der Waals surface area contributed by atoms with Crippen LogP contribution in [0, 0.1) is 5.92 Å². The van der Waals surface area contributed by atoms with Crippen LogP contribution in [-0.4, -0.2) is 10.9 Å². The molecule has 1 aliphatic rings. The SMILES string of the molecule is O=C(c1c(O)c2ccccc2oc1=O)C1CCCC1. The molecule has 0 atom stereocenters. The zero-order valence-corrected chi connectivity index (χ0v) is 10.4. The number of hydrogen-bond donors (Lipinski definition) is 1. The Morgan fingerprint density at radius 2 is 1.89 bits per heavy atom. The summed E-state index contributed by atoms with van der Waals surface area (Å²) in [5.41, 5.74) is -0.633. The smallest absolute Gasteiger partial charge is 0.351 e. The van der Waals surface area contributed by atoms with Gasteiger partial charge >= 0.3 is 5.63 Å². The second-order valence-electron chi connectivity index (χ2n) is 4.95. The van der Waals surface area contributed by atoms with Gasteiger partial charge in [0.1, 0.15) is 16.9 Å². The topological polar surface area (TPSA) is 67.5 Å². The normalized spacial score (nSPS) is 16.0. The highest BCUT2D eigenvalue weighted by atomic mass is 16.4. The fourth-order valence-corrected chi connectivity index (χ4v) is 2.74. The van der Waals surface area contributed by atoms with Gasteiger partial charge in [0.15, 0.2) is 5.78 Å². The molecule has 1 heterocycles. The van der Waals surface area contributed by atoms with Crippen LogP contribution >= 0.6 is 0 Å². The van der Waals surface area contributed by atoms with Gasteiger partial charge in [-0.3, -0.25) is 4.79 Å². The van der Waals surface area contributed by atoms with Gasteiger partial charge in [0.2, 0.25) is 0 Å². The van der Waals surface area contributed by atoms with E-state index in [1.807, 2.05) is 0 Å². The van der Waals surface area contributed by atoms with E-state index in [2.05, 4.69) is 0 Å². The highest BCUT2D eigenvalue weighted by Gasteiger charge is 2.29. The number of benzene rings is 1. The molecule has 4 heteroatoms. The van der Waals surface area contributed by atoms with Gasteiger partial charge in [-0.2, -0.15) is 0 Å². The Morgan fingerprint density at radius 3 is 2.63 bits per heavy atom. The van der Waals surface area contributed by atoms with E-state index in [1.54, 1.807) is 24.3 Å². The van der Waals surface area contributed by atoms with Crippen LogP contribution in [0.25, 0.3) is 11.0 Å². The highest BCUT2D eigenvalue weighted by molar-refractivity contribution is 6.03. The largest absolute Gasteiger partial charge is 0.506 e. The number of rotatable bonds is 2. The zero-order valence-electron chi connectivity index (χ0n) is 10.4. The van der Waals surface area contributed by atoms with Crippen molar-refractivity contribution in [2.45, 2.75) is 25.7 Å². The fourth-order valence-electron chi connectivity index (χ4n) is 2.74. The zero-order chi connectivity index (χ0) is 13.4. The molecule has 0 spiro atoms. The van der Waals surface area contributed by atoms with E-state index >= 15 is 0 Å². The van der Waals surface area contributed by atoms with E-state index in [1.165, 1.54) is 0 Å². The summed E-state index contributed by atoms with van der Waals surface area (Å²) in [4.78, 5) is 24.2. The molecule has 1 aromatic carbocycles. The lowest BCUT2D eigenvalue weighted by molar-refractivity contribution is 0.0916. The van der Waals surface area contributed by atoms with Crippen LogP contribution < -0.4 is 5.63 Å². The first-order valence-electron chi connectivity index (χ1n) is 6.47. The van der Waals surface area contributed by atoms with Crippen LogP contribution in [0.3, 0.4) is 0 Å². The molecule has 3 rings (SSSR count). The Morgan fingerprint density at radius 1 is 1.21 bits per heavy atom. The molecule has 0 aliphatic heterocycles. The van der Waals surface area contributed by atoms with Gasteiger partial charge in [-0.25, -0.2) is 4.79 Å². The molecule has 1 saturated carbocycles. The Hall–Kier alpha value is -2.10. The van der Waals surface area contributed by atoms with Crippen molar-refractivity contribution in [3.05, 3.63) is 40.2 Å². The van der Waals surface area contributed by atoms with E-state index in [0.717, 1.165) is 25.7 Å². The van der Waals surface area contributed by atoms with E-state index in [4.69, 9.17) is 4.42 Å². The van der Waals surface area contributed by atoms with Crippen LogP contribution in [0.2, 0.25) is 0 Å². The molecule has 1 aliphatic carbocycles. The molecule has 4 nitrogen and oxygen atoms in total. The summed E-state index contributed by atoms with van der Waals surface area (Å²) in [6.07, 6.45) is 3.56. The van der Waals surface area contributed by atoms with Crippen molar-refractivity contribution in [3.63, 3.8) is 0 Å². The van der Waals surface area contributed by atoms with Gasteiger partial charge < -0.3 is 9.52 Å². The third-order valence-corrected chi connectivity index (χ3v) is 3.76. The Bertz CT molecular complexity index is 693. The van der Waals surface area contributed by atoms with Gasteiger partial charge in [0, 0.05) is 5.92 Å². The first-order chi connectivity index (χ1) is 9.18. The van der Waals surface area contributed by atoms with E-state index < -0.39 is 5.63 Å². The van der Waals surface area contributed by atoms with Crippen LogP contribution in [0.15, 0.2) is 33.5 Å². The van der Waals surface area contributed by atoms with E-state index in [9.17, 15) is 14.7 Å². The monoisotopic (exact) mass is 258 g/mol. The summed E-state index contributed by atoms with van der Waals surface area (Å²) >= 11 is 0. The first kappa shape index (κ1) is 12.0. The number of carbonyl (C=O) groups is 1. The number of ketones is 1. The number of fused-ring (bicyclic) bond motifs is 1. The van der Waals surface area contributed by atoms with Crippen molar-refractivity contribution in [1.82, 2.24) is 0 Å². The van der Waals surface area contributed by atoms with Crippen molar-refractivity contribution in [1.29, 1.82) is 0 Å². The molecule has 19 heavy (non-hydrogen) atoms. The average molecular weight is 258 g/mol. The molecule has 0 saturated heterocycles.